The van der Waals surface area contributed by atoms with E-state index in [9.17, 15) is 13.8 Å². The maximum absolute atomic E-state index is 14.0. The first-order valence-corrected chi connectivity index (χ1v) is 20.4. The summed E-state index contributed by atoms with van der Waals surface area (Å²) in [6.45, 7) is 9.88. The van der Waals surface area contributed by atoms with Gasteiger partial charge in [0, 0.05) is 59.4 Å². The molecule has 1 unspecified atom stereocenters. The van der Waals surface area contributed by atoms with E-state index < -0.39 is 15.1 Å². The Morgan fingerprint density at radius 3 is 2.65 bits per heavy atom. The van der Waals surface area contributed by atoms with Crippen LogP contribution in [0.25, 0.3) is 0 Å². The lowest BCUT2D eigenvalue weighted by molar-refractivity contribution is -0.128. The third-order valence-corrected chi connectivity index (χ3v) is 15.2. The Balaban J connectivity index is 1.31. The molecule has 1 saturated carbocycles. The van der Waals surface area contributed by atoms with Crippen molar-refractivity contribution in [3.05, 3.63) is 58.1 Å². The number of nitrogens with one attached hydrogen (secondary N) is 1. The zero-order valence-corrected chi connectivity index (χ0v) is 30.7. The molecule has 0 aromatic heterocycles. The molecule has 8 nitrogen and oxygen atoms in total. The first-order chi connectivity index (χ1) is 23.5. The van der Waals surface area contributed by atoms with Crippen LogP contribution in [0.2, 0.25) is 5.02 Å². The van der Waals surface area contributed by atoms with Crippen molar-refractivity contribution in [1.29, 1.82) is 0 Å². The Morgan fingerprint density at radius 1 is 1.08 bits per heavy atom. The molecule has 266 valence electrons. The van der Waals surface area contributed by atoms with E-state index in [1.807, 2.05) is 25.1 Å². The molecule has 1 amide bonds. The molecule has 2 bridgehead atoms. The fraction of sp³-hybridized carbons (Fsp3) is 0.615. The van der Waals surface area contributed by atoms with Crippen molar-refractivity contribution in [3.63, 3.8) is 0 Å². The zero-order valence-electron chi connectivity index (χ0n) is 29.1. The van der Waals surface area contributed by atoms with Gasteiger partial charge in [-0.15, -0.1) is 0 Å². The Labute approximate surface area is 297 Å². The molecule has 7 rings (SSSR count). The van der Waals surface area contributed by atoms with E-state index in [-0.39, 0.29) is 28.4 Å². The number of ether oxygens (including phenoxy) is 2. The van der Waals surface area contributed by atoms with Crippen LogP contribution in [-0.4, -0.2) is 85.0 Å². The van der Waals surface area contributed by atoms with Gasteiger partial charge in [0.25, 0.3) is 5.91 Å². The molecule has 7 atom stereocenters. The molecule has 2 aromatic carbocycles. The van der Waals surface area contributed by atoms with E-state index in [4.69, 9.17) is 21.1 Å². The molecule has 10 heteroatoms. The van der Waals surface area contributed by atoms with Crippen LogP contribution < -0.4 is 14.4 Å². The smallest absolute Gasteiger partial charge is 0.262 e. The molecule has 3 heterocycles. The number of amides is 1. The Morgan fingerprint density at radius 2 is 1.90 bits per heavy atom. The number of morpholine rings is 1. The highest BCUT2D eigenvalue weighted by atomic mass is 35.5. The fourth-order valence-corrected chi connectivity index (χ4v) is 11.2. The Kier molecular flexibility index (Phi) is 9.85. The lowest BCUT2D eigenvalue weighted by atomic mass is 9.57. The minimum atomic E-state index is -2.95. The monoisotopic (exact) mass is 709 g/mol. The molecule has 49 heavy (non-hydrogen) atoms. The predicted octanol–water partition coefficient (Wildman–Crippen LogP) is 5.93. The first-order valence-electron chi connectivity index (χ1n) is 18.3. The number of rotatable bonds is 3. The maximum atomic E-state index is 14.0. The summed E-state index contributed by atoms with van der Waals surface area (Å²) in [5.41, 5.74) is 3.18. The van der Waals surface area contributed by atoms with E-state index in [0.29, 0.717) is 31.3 Å². The van der Waals surface area contributed by atoms with Crippen LogP contribution in [0.1, 0.15) is 80.3 Å². The molecule has 5 aliphatic rings. The number of hydrogen-bond acceptors (Lipinski definition) is 7. The summed E-state index contributed by atoms with van der Waals surface area (Å²) in [7, 11) is -2.95. The van der Waals surface area contributed by atoms with Gasteiger partial charge in [0.2, 0.25) is 0 Å². The average Bonchev–Trinajstić information content (AvgIpc) is 3.22. The molecule has 2 aromatic rings. The highest BCUT2D eigenvalue weighted by Crippen LogP contribution is 2.51. The molecule has 1 saturated heterocycles. The second-order valence-electron chi connectivity index (χ2n) is 15.7. The number of anilines is 1. The van der Waals surface area contributed by atoms with Crippen molar-refractivity contribution in [2.24, 2.45) is 23.2 Å². The number of aldehydes is 1. The van der Waals surface area contributed by atoms with Crippen LogP contribution in [0.5, 0.6) is 5.75 Å². The molecule has 2 fully saturated rings. The minimum Gasteiger partial charge on any atom is -0.490 e. The summed E-state index contributed by atoms with van der Waals surface area (Å²) in [5, 5.41) is 0.425. The van der Waals surface area contributed by atoms with E-state index in [2.05, 4.69) is 39.4 Å². The molecular formula is C39H52ClN3O5S. The van der Waals surface area contributed by atoms with Gasteiger partial charge >= 0.3 is 0 Å². The van der Waals surface area contributed by atoms with Crippen LogP contribution in [0.15, 0.2) is 36.4 Å². The Bertz CT molecular complexity index is 1680. The van der Waals surface area contributed by atoms with Gasteiger partial charge in [-0.05, 0) is 117 Å². The van der Waals surface area contributed by atoms with Crippen LogP contribution in [-0.2, 0) is 31.1 Å². The number of halogens is 1. The fourth-order valence-electron chi connectivity index (χ4n) is 9.50. The summed E-state index contributed by atoms with van der Waals surface area (Å²) in [4.78, 5) is 32.1. The predicted molar refractivity (Wildman–Crippen MR) is 197 cm³/mol. The number of fused-ring (bicyclic) bond motifs is 4. The van der Waals surface area contributed by atoms with E-state index in [1.165, 1.54) is 17.4 Å². The molecular weight excluding hydrogens is 658 g/mol. The number of hydrogen-bond donors (Lipinski definition) is 1. The summed E-state index contributed by atoms with van der Waals surface area (Å²) in [5.74, 6) is 5.04. The standard InChI is InChI=1S/C39H52ClN3O5S/c1-27-6-4-14-38(25-44,23-42-16-18-47-19-17-42)34-11-8-31(34)22-43-24-39(15-5-7-29-20-32(40)10-12-33(29)39)26-48-36-13-9-30(21-35(36)43)37(45)41-49(3,46)28(27)2/h9-10,12-13,20-21,25,27-28,31,34H,3-8,11,14-19,22-24,26H2,1-2H3,(H,41,45,46)/t27-,28+,31-,34+,38-,39-,49?/m0/s1. The van der Waals surface area contributed by atoms with Crippen LogP contribution in [0.4, 0.5) is 5.69 Å². The number of carbonyl (C=O) groups excluding carboxylic acids is 2. The third kappa shape index (κ3) is 6.77. The number of aryl methyl sites for hydroxylation is 1. The van der Waals surface area contributed by atoms with E-state index >= 15 is 0 Å². The van der Waals surface area contributed by atoms with Gasteiger partial charge in [-0.3, -0.25) is 14.4 Å². The highest BCUT2D eigenvalue weighted by Gasteiger charge is 2.50. The van der Waals surface area contributed by atoms with Crippen molar-refractivity contribution in [2.75, 3.05) is 57.4 Å². The van der Waals surface area contributed by atoms with E-state index in [1.54, 1.807) is 6.07 Å². The molecule has 1 N–H and O–H groups in total. The van der Waals surface area contributed by atoms with Crippen molar-refractivity contribution >= 4 is 45.1 Å². The summed E-state index contributed by atoms with van der Waals surface area (Å²) in [6.07, 6.45) is 8.86. The van der Waals surface area contributed by atoms with Crippen molar-refractivity contribution in [2.45, 2.75) is 75.9 Å². The lowest BCUT2D eigenvalue weighted by Gasteiger charge is -2.52. The van der Waals surface area contributed by atoms with Crippen LogP contribution in [0.3, 0.4) is 0 Å². The molecule has 2 aliphatic carbocycles. The summed E-state index contributed by atoms with van der Waals surface area (Å²) >= 11 is 6.48. The molecule has 3 aliphatic heterocycles. The van der Waals surface area contributed by atoms with Crippen molar-refractivity contribution in [1.82, 2.24) is 9.62 Å². The van der Waals surface area contributed by atoms with Crippen LogP contribution in [0, 0.1) is 23.2 Å². The summed E-state index contributed by atoms with van der Waals surface area (Å²) in [6, 6.07) is 11.9. The SMILES string of the molecule is C=S1(=O)NC(=O)c2ccc3c(c2)N(C[C@@H]2CC[C@H]2[C@](C=O)(CN2CCOCC2)CCC[C@H](C)[C@H]1C)C[C@@]1(CCCc2cc(Cl)ccc21)CO3. The van der Waals surface area contributed by atoms with E-state index in [0.717, 1.165) is 101 Å². The zero-order chi connectivity index (χ0) is 34.4. The van der Waals surface area contributed by atoms with Gasteiger partial charge in [0.15, 0.2) is 0 Å². The Hall–Kier alpha value is -2.59. The topological polar surface area (TPSA) is 88.2 Å². The maximum Gasteiger partial charge on any atom is 0.262 e. The average molecular weight is 710 g/mol. The van der Waals surface area contributed by atoms with Crippen molar-refractivity contribution in [3.8, 4) is 5.75 Å². The largest absolute Gasteiger partial charge is 0.490 e. The number of benzene rings is 2. The second-order valence-corrected chi connectivity index (χ2v) is 18.5. The van der Waals surface area contributed by atoms with Gasteiger partial charge in [0.1, 0.15) is 12.0 Å². The highest BCUT2D eigenvalue weighted by molar-refractivity contribution is 7.99. The normalized spacial score (nSPS) is 35.6. The summed E-state index contributed by atoms with van der Waals surface area (Å²) < 4.78 is 29.1. The second kappa shape index (κ2) is 13.9. The third-order valence-electron chi connectivity index (χ3n) is 12.7. The van der Waals surface area contributed by atoms with Gasteiger partial charge in [0.05, 0.1) is 35.2 Å². The number of nitrogens with zero attached hydrogens (tertiary/aromatic N) is 2. The molecule has 0 radical (unpaired) electrons. The van der Waals surface area contributed by atoms with Crippen molar-refractivity contribution < 1.29 is 23.3 Å². The molecule has 1 spiro atoms. The minimum absolute atomic E-state index is 0.0588. The quantitative estimate of drug-likeness (QED) is 0.313. The van der Waals surface area contributed by atoms with Crippen LogP contribution >= 0.6 is 11.6 Å². The van der Waals surface area contributed by atoms with Gasteiger partial charge in [-0.1, -0.05) is 31.0 Å². The van der Waals surface area contributed by atoms with Gasteiger partial charge in [-0.2, -0.15) is 0 Å². The lowest BCUT2D eigenvalue weighted by Crippen LogP contribution is -2.55. The van der Waals surface area contributed by atoms with Gasteiger partial charge in [-0.25, -0.2) is 4.21 Å². The van der Waals surface area contributed by atoms with Gasteiger partial charge < -0.3 is 19.2 Å². The number of carbonyl (C=O) groups is 2. The first kappa shape index (κ1) is 34.8.